The molecule has 13 nitrogen and oxygen atoms in total. The van der Waals surface area contributed by atoms with Crippen LogP contribution in [0.25, 0.3) is 11.1 Å². The number of carbonyl (C=O) groups is 4. The minimum absolute atomic E-state index is 0.0240. The summed E-state index contributed by atoms with van der Waals surface area (Å²) in [4.78, 5) is 64.4. The van der Waals surface area contributed by atoms with E-state index < -0.39 is 5.91 Å². The molecule has 3 fully saturated rings. The van der Waals surface area contributed by atoms with E-state index in [0.29, 0.717) is 70.8 Å². The number of ether oxygens (including phenoxy) is 2. The van der Waals surface area contributed by atoms with Gasteiger partial charge in [0.15, 0.2) is 5.58 Å². The van der Waals surface area contributed by atoms with Gasteiger partial charge in [0.1, 0.15) is 28.7 Å². The topological polar surface area (TPSA) is 156 Å². The van der Waals surface area contributed by atoms with Crippen LogP contribution < -0.4 is 10.6 Å². The molecule has 3 aromatic rings. The molecule has 0 spiro atoms. The fourth-order valence-corrected chi connectivity index (χ4v) is 5.84. The molecule has 6 rings (SSSR count). The van der Waals surface area contributed by atoms with E-state index in [2.05, 4.69) is 20.6 Å². The SMILES string of the molecule is O=C(Nc1ccc(Cl)nc1)c1oc2ccc(C(=O)N3CCOCC3)nc2c1NC(=O)[C@H]1CC[C@H](N2CCOCC2=O)CC1. The maximum atomic E-state index is 13.6. The summed E-state index contributed by atoms with van der Waals surface area (Å²) in [5, 5.41) is 5.86. The third-order valence-electron chi connectivity index (χ3n) is 8.02. The van der Waals surface area contributed by atoms with Crippen molar-refractivity contribution in [3.05, 3.63) is 47.1 Å². The Morgan fingerprint density at radius 2 is 1.70 bits per heavy atom. The molecular weight excluding hydrogens is 580 g/mol. The van der Waals surface area contributed by atoms with E-state index in [1.54, 1.807) is 17.0 Å². The maximum absolute atomic E-state index is 13.6. The highest BCUT2D eigenvalue weighted by molar-refractivity contribution is 6.29. The van der Waals surface area contributed by atoms with Gasteiger partial charge in [-0.05, 0) is 49.9 Å². The molecule has 43 heavy (non-hydrogen) atoms. The highest BCUT2D eigenvalue weighted by Gasteiger charge is 2.34. The molecule has 2 N–H and O–H groups in total. The van der Waals surface area contributed by atoms with E-state index in [9.17, 15) is 19.2 Å². The van der Waals surface area contributed by atoms with Crippen LogP contribution in [0.3, 0.4) is 0 Å². The normalized spacial score (nSPS) is 21.1. The van der Waals surface area contributed by atoms with Gasteiger partial charge in [0, 0.05) is 31.6 Å². The van der Waals surface area contributed by atoms with Crippen molar-refractivity contribution in [1.82, 2.24) is 19.8 Å². The molecule has 4 amide bonds. The first-order valence-corrected chi connectivity index (χ1v) is 14.7. The second kappa shape index (κ2) is 12.7. The molecule has 226 valence electrons. The first-order chi connectivity index (χ1) is 20.9. The van der Waals surface area contributed by atoms with Crippen LogP contribution in [0.4, 0.5) is 11.4 Å². The van der Waals surface area contributed by atoms with E-state index >= 15 is 0 Å². The third-order valence-corrected chi connectivity index (χ3v) is 8.25. The average Bonchev–Trinajstić information content (AvgIpc) is 3.40. The minimum atomic E-state index is -0.631. The molecule has 1 aliphatic carbocycles. The number of rotatable bonds is 6. The summed E-state index contributed by atoms with van der Waals surface area (Å²) in [6.07, 6.45) is 3.91. The molecule has 0 bridgehead atoms. The first kappa shape index (κ1) is 29.0. The number of nitrogens with zero attached hydrogens (tertiary/aromatic N) is 4. The van der Waals surface area contributed by atoms with Crippen LogP contribution in [-0.4, -0.2) is 95.5 Å². The average molecular weight is 611 g/mol. The van der Waals surface area contributed by atoms with E-state index in [1.165, 1.54) is 18.3 Å². The summed E-state index contributed by atoms with van der Waals surface area (Å²) >= 11 is 5.87. The van der Waals surface area contributed by atoms with Crippen molar-refractivity contribution in [1.29, 1.82) is 0 Å². The number of pyridine rings is 2. The number of hydrogen-bond donors (Lipinski definition) is 2. The highest BCUT2D eigenvalue weighted by atomic mass is 35.5. The van der Waals surface area contributed by atoms with Gasteiger partial charge in [-0.25, -0.2) is 9.97 Å². The molecule has 0 atom stereocenters. The predicted octanol–water partition coefficient (Wildman–Crippen LogP) is 2.96. The molecule has 14 heteroatoms. The summed E-state index contributed by atoms with van der Waals surface area (Å²) in [5.74, 6) is -1.72. The fourth-order valence-electron chi connectivity index (χ4n) is 5.73. The number of halogens is 1. The third kappa shape index (κ3) is 6.33. The van der Waals surface area contributed by atoms with Crippen molar-refractivity contribution in [3.63, 3.8) is 0 Å². The zero-order chi connectivity index (χ0) is 29.9. The Morgan fingerprint density at radius 1 is 0.930 bits per heavy atom. The van der Waals surface area contributed by atoms with E-state index in [-0.39, 0.29) is 69.7 Å². The monoisotopic (exact) mass is 610 g/mol. The Bertz CT molecular complexity index is 1530. The smallest absolute Gasteiger partial charge is 0.293 e. The van der Waals surface area contributed by atoms with Gasteiger partial charge in [-0.2, -0.15) is 0 Å². The maximum Gasteiger partial charge on any atom is 0.293 e. The molecule has 5 heterocycles. The predicted molar refractivity (Wildman–Crippen MR) is 155 cm³/mol. The zero-order valence-corrected chi connectivity index (χ0v) is 24.1. The van der Waals surface area contributed by atoms with Crippen LogP contribution in [0, 0.1) is 5.92 Å². The van der Waals surface area contributed by atoms with Crippen LogP contribution in [0.15, 0.2) is 34.9 Å². The van der Waals surface area contributed by atoms with Gasteiger partial charge >= 0.3 is 0 Å². The van der Waals surface area contributed by atoms with Crippen molar-refractivity contribution in [2.24, 2.45) is 5.92 Å². The number of carbonyl (C=O) groups excluding carboxylic acids is 4. The van der Waals surface area contributed by atoms with Crippen molar-refractivity contribution >= 4 is 57.7 Å². The van der Waals surface area contributed by atoms with Crippen molar-refractivity contribution < 1.29 is 33.1 Å². The molecule has 2 aliphatic heterocycles. The Hall–Kier alpha value is -4.07. The molecule has 0 unspecified atom stereocenters. The van der Waals surface area contributed by atoms with Crippen LogP contribution >= 0.6 is 11.6 Å². The number of fused-ring (bicyclic) bond motifs is 1. The summed E-state index contributed by atoms with van der Waals surface area (Å²) < 4.78 is 16.5. The quantitative estimate of drug-likeness (QED) is 0.401. The minimum Gasteiger partial charge on any atom is -0.447 e. The van der Waals surface area contributed by atoms with Gasteiger partial charge in [-0.15, -0.1) is 0 Å². The number of anilines is 2. The van der Waals surface area contributed by atoms with Gasteiger partial charge in [-0.3, -0.25) is 19.2 Å². The van der Waals surface area contributed by atoms with E-state index in [1.807, 2.05) is 4.90 Å². The number of amides is 4. The highest BCUT2D eigenvalue weighted by Crippen LogP contribution is 2.34. The number of furan rings is 1. The molecular formula is C29H31ClN6O7. The standard InChI is InChI=1S/C29H31ClN6O7/c30-22-8-3-18(15-31-22)32-28(39)26-25(24-21(43-26)7-6-20(33-24)29(40)35-9-12-41-13-10-35)34-27(38)17-1-4-19(5-2-17)36-11-14-42-16-23(36)37/h3,6-8,15,17,19H,1-2,4-5,9-14,16H2,(H,32,39)(H,34,38)/t17-,19-. The van der Waals surface area contributed by atoms with Crippen LogP contribution in [0.1, 0.15) is 46.7 Å². The van der Waals surface area contributed by atoms with Crippen LogP contribution in [0.5, 0.6) is 0 Å². The summed E-state index contributed by atoms with van der Waals surface area (Å²) in [6.45, 7) is 2.91. The zero-order valence-electron chi connectivity index (χ0n) is 23.3. The van der Waals surface area contributed by atoms with E-state index in [4.69, 9.17) is 25.5 Å². The second-order valence-corrected chi connectivity index (χ2v) is 11.1. The second-order valence-electron chi connectivity index (χ2n) is 10.7. The molecule has 0 radical (unpaired) electrons. The van der Waals surface area contributed by atoms with Gasteiger partial charge < -0.3 is 34.3 Å². The Labute approximate surface area is 251 Å². The molecule has 1 saturated carbocycles. The van der Waals surface area contributed by atoms with Crippen LogP contribution in [-0.2, 0) is 19.1 Å². The summed E-state index contributed by atoms with van der Waals surface area (Å²) in [6, 6.07) is 6.29. The Kier molecular flexibility index (Phi) is 8.54. The first-order valence-electron chi connectivity index (χ1n) is 14.3. The largest absolute Gasteiger partial charge is 0.447 e. The van der Waals surface area contributed by atoms with Crippen molar-refractivity contribution in [2.45, 2.75) is 31.7 Å². The summed E-state index contributed by atoms with van der Waals surface area (Å²) in [5.41, 5.74) is 1.05. The van der Waals surface area contributed by atoms with Gasteiger partial charge in [0.2, 0.25) is 17.6 Å². The number of aromatic nitrogens is 2. The van der Waals surface area contributed by atoms with Crippen molar-refractivity contribution in [3.8, 4) is 0 Å². The van der Waals surface area contributed by atoms with E-state index in [0.717, 1.165) is 0 Å². The lowest BCUT2D eigenvalue weighted by Crippen LogP contribution is -2.49. The summed E-state index contributed by atoms with van der Waals surface area (Å²) in [7, 11) is 0. The lowest BCUT2D eigenvalue weighted by Gasteiger charge is -2.38. The molecule has 2 saturated heterocycles. The number of hydrogen-bond acceptors (Lipinski definition) is 9. The molecule has 0 aromatic carbocycles. The lowest BCUT2D eigenvalue weighted by molar-refractivity contribution is -0.146. The fraction of sp³-hybridized carbons (Fsp3) is 0.448. The van der Waals surface area contributed by atoms with Gasteiger partial charge in [-0.1, -0.05) is 11.6 Å². The van der Waals surface area contributed by atoms with Gasteiger partial charge in [0.25, 0.3) is 11.8 Å². The Balaban J connectivity index is 1.25. The molecule has 3 aromatic heterocycles. The van der Waals surface area contributed by atoms with Crippen LogP contribution in [0.2, 0.25) is 5.15 Å². The van der Waals surface area contributed by atoms with Crippen molar-refractivity contribution in [2.75, 3.05) is 56.7 Å². The Morgan fingerprint density at radius 3 is 2.42 bits per heavy atom. The lowest BCUT2D eigenvalue weighted by atomic mass is 9.84. The van der Waals surface area contributed by atoms with Gasteiger partial charge in [0.05, 0.1) is 31.7 Å². The number of nitrogens with one attached hydrogen (secondary N) is 2. The number of morpholine rings is 2. The molecule has 3 aliphatic rings.